The molecule has 110 valence electrons. The fourth-order valence-electron chi connectivity index (χ4n) is 1.98. The van der Waals surface area contributed by atoms with Crippen molar-refractivity contribution in [2.75, 3.05) is 0 Å². The van der Waals surface area contributed by atoms with Gasteiger partial charge in [0.15, 0.2) is 0 Å². The first-order valence-corrected chi connectivity index (χ1v) is 6.01. The molecule has 4 nitrogen and oxygen atoms in total. The molecule has 0 spiro atoms. The van der Waals surface area contributed by atoms with Gasteiger partial charge in [0.25, 0.3) is 0 Å². The predicted molar refractivity (Wildman–Crippen MR) is 84.5 cm³/mol. The Morgan fingerprint density at radius 1 is 1.30 bits per heavy atom. The number of H-pyrrole nitrogens is 1. The maximum Gasteiger partial charge on any atom is 0.228 e. The molecule has 0 bridgehead atoms. The highest BCUT2D eigenvalue weighted by Crippen LogP contribution is 2.19. The predicted octanol–water partition coefficient (Wildman–Crippen LogP) is 2.76. The van der Waals surface area contributed by atoms with Crippen molar-refractivity contribution in [1.29, 1.82) is 0 Å². The third kappa shape index (κ3) is 4.87. The highest BCUT2D eigenvalue weighted by molar-refractivity contribution is 5.85. The molecule has 20 heavy (non-hydrogen) atoms. The van der Waals surface area contributed by atoms with Crippen molar-refractivity contribution in [3.05, 3.63) is 53.6 Å². The van der Waals surface area contributed by atoms with Crippen LogP contribution >= 0.6 is 24.8 Å². The second-order valence-electron chi connectivity index (χ2n) is 4.43. The summed E-state index contributed by atoms with van der Waals surface area (Å²) in [5, 5.41) is 0. The van der Waals surface area contributed by atoms with Crippen molar-refractivity contribution in [1.82, 2.24) is 9.97 Å². The van der Waals surface area contributed by atoms with Crippen LogP contribution in [0.4, 0.5) is 0 Å². The zero-order valence-electron chi connectivity index (χ0n) is 11.2. The van der Waals surface area contributed by atoms with Crippen LogP contribution in [0.25, 0.3) is 0 Å². The lowest BCUT2D eigenvalue weighted by atomic mass is 9.98. The highest BCUT2D eigenvalue weighted by Gasteiger charge is 2.20. The molecule has 0 radical (unpaired) electrons. The molecule has 1 aromatic heterocycles. The van der Waals surface area contributed by atoms with E-state index in [1.807, 2.05) is 37.3 Å². The van der Waals surface area contributed by atoms with Crippen LogP contribution in [0.2, 0.25) is 0 Å². The molecule has 1 atom stereocenters. The van der Waals surface area contributed by atoms with Crippen molar-refractivity contribution < 1.29 is 4.79 Å². The van der Waals surface area contributed by atoms with E-state index < -0.39 is 0 Å². The quantitative estimate of drug-likeness (QED) is 0.890. The topological polar surface area (TPSA) is 71.8 Å². The first kappa shape index (κ1) is 18.5. The monoisotopic (exact) mass is 315 g/mol. The van der Waals surface area contributed by atoms with E-state index in [9.17, 15) is 4.79 Å². The van der Waals surface area contributed by atoms with Crippen LogP contribution in [-0.2, 0) is 11.2 Å². The Hall–Kier alpha value is -1.52. The molecule has 6 heteroatoms. The van der Waals surface area contributed by atoms with Gasteiger partial charge < -0.3 is 10.7 Å². The van der Waals surface area contributed by atoms with Crippen molar-refractivity contribution in [3.63, 3.8) is 0 Å². The van der Waals surface area contributed by atoms with Crippen LogP contribution in [0.15, 0.2) is 36.5 Å². The maximum absolute atomic E-state index is 11.5. The van der Waals surface area contributed by atoms with Crippen LogP contribution < -0.4 is 5.73 Å². The van der Waals surface area contributed by atoms with E-state index in [1.165, 1.54) is 5.56 Å². The molecule has 0 aliphatic carbocycles. The SMILES string of the molecule is Cc1cnc(C(CCc2ccccc2)C(N)=O)[nH]1.Cl.Cl. The van der Waals surface area contributed by atoms with Crippen LogP contribution in [0.3, 0.4) is 0 Å². The minimum atomic E-state index is -0.348. The van der Waals surface area contributed by atoms with Gasteiger partial charge in [0, 0.05) is 11.9 Å². The molecule has 1 unspecified atom stereocenters. The number of nitrogens with zero attached hydrogens (tertiary/aromatic N) is 1. The lowest BCUT2D eigenvalue weighted by Crippen LogP contribution is -2.23. The number of hydrogen-bond acceptors (Lipinski definition) is 2. The summed E-state index contributed by atoms with van der Waals surface area (Å²) in [7, 11) is 0. The molecule has 0 saturated carbocycles. The van der Waals surface area contributed by atoms with Gasteiger partial charge in [0.2, 0.25) is 5.91 Å². The Labute approximate surface area is 131 Å². The van der Waals surface area contributed by atoms with Gasteiger partial charge in [-0.05, 0) is 25.3 Å². The summed E-state index contributed by atoms with van der Waals surface area (Å²) in [6, 6.07) is 10.1. The average Bonchev–Trinajstić information content (AvgIpc) is 2.77. The zero-order chi connectivity index (χ0) is 13.0. The molecule has 0 aliphatic rings. The summed E-state index contributed by atoms with van der Waals surface area (Å²) < 4.78 is 0. The number of primary amides is 1. The number of nitrogens with two attached hydrogens (primary N) is 1. The summed E-state index contributed by atoms with van der Waals surface area (Å²) in [5.41, 5.74) is 7.58. The summed E-state index contributed by atoms with van der Waals surface area (Å²) >= 11 is 0. The Morgan fingerprint density at radius 3 is 2.45 bits per heavy atom. The first-order chi connectivity index (χ1) is 8.66. The van der Waals surface area contributed by atoms with Gasteiger partial charge in [0.05, 0.1) is 5.92 Å². The number of amides is 1. The molecule has 1 amide bonds. The lowest BCUT2D eigenvalue weighted by molar-refractivity contribution is -0.119. The van der Waals surface area contributed by atoms with E-state index in [1.54, 1.807) is 6.20 Å². The largest absolute Gasteiger partial charge is 0.369 e. The Morgan fingerprint density at radius 2 is 1.95 bits per heavy atom. The molecule has 2 rings (SSSR count). The molecule has 2 aromatic rings. The number of benzene rings is 1. The number of carbonyl (C=O) groups is 1. The van der Waals surface area contributed by atoms with E-state index in [4.69, 9.17) is 5.73 Å². The van der Waals surface area contributed by atoms with E-state index in [0.29, 0.717) is 12.2 Å². The van der Waals surface area contributed by atoms with Crippen molar-refractivity contribution in [2.24, 2.45) is 5.73 Å². The fraction of sp³-hybridized carbons (Fsp3) is 0.286. The van der Waals surface area contributed by atoms with Gasteiger partial charge in [-0.2, -0.15) is 0 Å². The number of hydrogen-bond donors (Lipinski definition) is 2. The average molecular weight is 316 g/mol. The van der Waals surface area contributed by atoms with Gasteiger partial charge in [-0.3, -0.25) is 4.79 Å². The molecule has 1 heterocycles. The minimum Gasteiger partial charge on any atom is -0.369 e. The van der Waals surface area contributed by atoms with Gasteiger partial charge in [-0.15, -0.1) is 24.8 Å². The minimum absolute atomic E-state index is 0. The van der Waals surface area contributed by atoms with Gasteiger partial charge in [0.1, 0.15) is 5.82 Å². The van der Waals surface area contributed by atoms with Gasteiger partial charge >= 0.3 is 0 Å². The van der Waals surface area contributed by atoms with Crippen LogP contribution in [0.5, 0.6) is 0 Å². The van der Waals surface area contributed by atoms with E-state index >= 15 is 0 Å². The summed E-state index contributed by atoms with van der Waals surface area (Å²) in [6.45, 7) is 1.91. The molecule has 3 N–H and O–H groups in total. The summed E-state index contributed by atoms with van der Waals surface area (Å²) in [5.74, 6) is -0.0184. The van der Waals surface area contributed by atoms with E-state index in [2.05, 4.69) is 9.97 Å². The normalized spacial score (nSPS) is 11.1. The fourth-order valence-corrected chi connectivity index (χ4v) is 1.98. The first-order valence-electron chi connectivity index (χ1n) is 6.01. The maximum atomic E-state index is 11.5. The van der Waals surface area contributed by atoms with E-state index in [-0.39, 0.29) is 36.6 Å². The molecule has 1 aromatic carbocycles. The molecular formula is C14H19Cl2N3O. The number of rotatable bonds is 5. The van der Waals surface area contributed by atoms with Crippen molar-refractivity contribution in [3.8, 4) is 0 Å². The number of carbonyl (C=O) groups excluding carboxylic acids is 1. The number of imidazole rings is 1. The lowest BCUT2D eigenvalue weighted by Gasteiger charge is -2.10. The number of aromatic amines is 1. The zero-order valence-corrected chi connectivity index (χ0v) is 12.8. The number of aryl methyl sites for hydroxylation is 2. The number of aromatic nitrogens is 2. The number of halogens is 2. The van der Waals surface area contributed by atoms with E-state index in [0.717, 1.165) is 12.1 Å². The number of nitrogens with one attached hydrogen (secondary N) is 1. The van der Waals surface area contributed by atoms with Crippen molar-refractivity contribution in [2.45, 2.75) is 25.7 Å². The smallest absolute Gasteiger partial charge is 0.228 e. The third-order valence-electron chi connectivity index (χ3n) is 2.96. The van der Waals surface area contributed by atoms with Crippen LogP contribution in [-0.4, -0.2) is 15.9 Å². The van der Waals surface area contributed by atoms with Gasteiger partial charge in [-0.1, -0.05) is 30.3 Å². The standard InChI is InChI=1S/C14H17N3O.2ClH/c1-10-9-16-14(17-10)12(13(15)18)8-7-11-5-3-2-4-6-11;;/h2-6,9,12H,7-8H2,1H3,(H2,15,18)(H,16,17);2*1H. The van der Waals surface area contributed by atoms with Crippen molar-refractivity contribution >= 4 is 30.7 Å². The second kappa shape index (κ2) is 8.61. The summed E-state index contributed by atoms with van der Waals surface area (Å²) in [6.07, 6.45) is 3.20. The summed E-state index contributed by atoms with van der Waals surface area (Å²) in [4.78, 5) is 18.8. The Kier molecular flexibility index (Phi) is 7.96. The highest BCUT2D eigenvalue weighted by atomic mass is 35.5. The molecule has 0 aliphatic heterocycles. The third-order valence-corrected chi connectivity index (χ3v) is 2.96. The molecule has 0 fully saturated rings. The van der Waals surface area contributed by atoms with Crippen LogP contribution in [0.1, 0.15) is 29.4 Å². The Balaban J connectivity index is 0.00000180. The second-order valence-corrected chi connectivity index (χ2v) is 4.43. The Bertz CT molecular complexity index is 528. The molecular weight excluding hydrogens is 297 g/mol. The molecule has 0 saturated heterocycles. The van der Waals surface area contributed by atoms with Gasteiger partial charge in [-0.25, -0.2) is 4.98 Å². The van der Waals surface area contributed by atoms with Crippen LogP contribution in [0, 0.1) is 6.92 Å².